The molecule has 2 heteroatoms. The molecule has 1 aliphatic rings. The fourth-order valence-electron chi connectivity index (χ4n) is 0.826. The van der Waals surface area contributed by atoms with E-state index in [1.807, 2.05) is 0 Å². The van der Waals surface area contributed by atoms with Crippen molar-refractivity contribution < 1.29 is 5.11 Å². The molecule has 0 aromatic heterocycles. The van der Waals surface area contributed by atoms with Crippen molar-refractivity contribution in [2.45, 2.75) is 18.9 Å². The van der Waals surface area contributed by atoms with Crippen LogP contribution in [0.15, 0.2) is 0 Å². The van der Waals surface area contributed by atoms with Gasteiger partial charge in [-0.05, 0) is 18.8 Å². The zero-order valence-electron chi connectivity index (χ0n) is 4.10. The van der Waals surface area contributed by atoms with Gasteiger partial charge in [-0.25, -0.2) is 0 Å². The van der Waals surface area contributed by atoms with Crippen molar-refractivity contribution in [3.8, 4) is 0 Å². The Morgan fingerprint density at radius 3 is 2.29 bits per heavy atom. The lowest BCUT2D eigenvalue weighted by Gasteiger charge is -2.29. The molecule has 1 aliphatic carbocycles. The molecule has 42 valence electrons. The number of aliphatic hydroxyl groups is 1. The van der Waals surface area contributed by atoms with Crippen LogP contribution in [0.5, 0.6) is 0 Å². The van der Waals surface area contributed by atoms with Gasteiger partial charge in [0, 0.05) is 4.43 Å². The molecule has 1 rings (SSSR count). The Morgan fingerprint density at radius 2 is 2.14 bits per heavy atom. The summed E-state index contributed by atoms with van der Waals surface area (Å²) >= 11 is 2.36. The Balaban J connectivity index is 2.06. The van der Waals surface area contributed by atoms with Gasteiger partial charge in [0.2, 0.25) is 0 Å². The summed E-state index contributed by atoms with van der Waals surface area (Å²) in [6.07, 6.45) is 2.13. The number of hydrogen-bond acceptors (Lipinski definition) is 1. The summed E-state index contributed by atoms with van der Waals surface area (Å²) < 4.78 is 1.22. The number of hydrogen-bond donors (Lipinski definition) is 1. The molecule has 0 amide bonds. The van der Waals surface area contributed by atoms with E-state index in [9.17, 15) is 0 Å². The Bertz CT molecular complexity index is 59.1. The number of alkyl halides is 1. The molecule has 0 heterocycles. The Labute approximate surface area is 57.2 Å². The summed E-state index contributed by atoms with van der Waals surface area (Å²) in [4.78, 5) is 0. The minimum atomic E-state index is 0.0414. The van der Waals surface area contributed by atoms with Gasteiger partial charge in [0.25, 0.3) is 0 Å². The summed E-state index contributed by atoms with van der Waals surface area (Å²) in [6.45, 7) is 0. The minimum absolute atomic E-state index is 0.0414. The molecule has 1 saturated carbocycles. The highest BCUT2D eigenvalue weighted by Crippen LogP contribution is 2.28. The molecule has 0 atom stereocenters. The largest absolute Gasteiger partial charge is 0.393 e. The third-order valence-electron chi connectivity index (χ3n) is 1.43. The second kappa shape index (κ2) is 2.31. The lowest BCUT2D eigenvalue weighted by molar-refractivity contribution is 0.0545. The summed E-state index contributed by atoms with van der Waals surface area (Å²) in [5.74, 6) is 0.829. The molecule has 0 spiro atoms. The first-order valence-corrected chi connectivity index (χ1v) is 4.09. The zero-order chi connectivity index (χ0) is 5.28. The first kappa shape index (κ1) is 5.82. The second-order valence-electron chi connectivity index (χ2n) is 2.15. The summed E-state index contributed by atoms with van der Waals surface area (Å²) in [5, 5.41) is 8.75. The van der Waals surface area contributed by atoms with Gasteiger partial charge in [0.1, 0.15) is 0 Å². The van der Waals surface area contributed by atoms with Gasteiger partial charge in [0.05, 0.1) is 6.10 Å². The summed E-state index contributed by atoms with van der Waals surface area (Å²) in [7, 11) is 0. The first-order valence-electron chi connectivity index (χ1n) is 2.57. The van der Waals surface area contributed by atoms with E-state index in [0.717, 1.165) is 18.8 Å². The highest BCUT2D eigenvalue weighted by atomic mass is 127. The van der Waals surface area contributed by atoms with Gasteiger partial charge in [-0.1, -0.05) is 22.6 Å². The SMILES string of the molecule is OC1CC(CI)C1. The van der Waals surface area contributed by atoms with Crippen LogP contribution in [-0.2, 0) is 0 Å². The Morgan fingerprint density at radius 1 is 1.57 bits per heavy atom. The zero-order valence-corrected chi connectivity index (χ0v) is 6.26. The molecule has 1 N–H and O–H groups in total. The molecule has 0 aliphatic heterocycles. The van der Waals surface area contributed by atoms with Crippen molar-refractivity contribution in [1.82, 2.24) is 0 Å². The van der Waals surface area contributed by atoms with Gasteiger partial charge in [-0.2, -0.15) is 0 Å². The van der Waals surface area contributed by atoms with Gasteiger partial charge in [0.15, 0.2) is 0 Å². The van der Waals surface area contributed by atoms with Gasteiger partial charge >= 0.3 is 0 Å². The van der Waals surface area contributed by atoms with Crippen molar-refractivity contribution >= 4 is 22.6 Å². The summed E-state index contributed by atoms with van der Waals surface area (Å²) in [5.41, 5.74) is 0. The number of aliphatic hydroxyl groups excluding tert-OH is 1. The van der Waals surface area contributed by atoms with E-state index in [-0.39, 0.29) is 6.10 Å². The highest BCUT2D eigenvalue weighted by Gasteiger charge is 2.25. The predicted octanol–water partition coefficient (Wildman–Crippen LogP) is 1.19. The number of halogens is 1. The van der Waals surface area contributed by atoms with Crippen molar-refractivity contribution in [2.75, 3.05) is 4.43 Å². The smallest absolute Gasteiger partial charge is 0.0546 e. The molecule has 0 bridgehead atoms. The molecule has 1 fully saturated rings. The van der Waals surface area contributed by atoms with Crippen LogP contribution in [0.3, 0.4) is 0 Å². The maximum atomic E-state index is 8.75. The van der Waals surface area contributed by atoms with Gasteiger partial charge in [-0.3, -0.25) is 0 Å². The maximum absolute atomic E-state index is 8.75. The van der Waals surface area contributed by atoms with Crippen molar-refractivity contribution in [3.05, 3.63) is 0 Å². The van der Waals surface area contributed by atoms with Crippen LogP contribution in [0.25, 0.3) is 0 Å². The van der Waals surface area contributed by atoms with Crippen LogP contribution >= 0.6 is 22.6 Å². The fourth-order valence-corrected chi connectivity index (χ4v) is 1.55. The minimum Gasteiger partial charge on any atom is -0.393 e. The van der Waals surface area contributed by atoms with Crippen LogP contribution < -0.4 is 0 Å². The Kier molecular flexibility index (Phi) is 1.92. The monoisotopic (exact) mass is 212 g/mol. The molecule has 1 nitrogen and oxygen atoms in total. The molecule has 0 unspecified atom stereocenters. The average Bonchev–Trinajstić information content (AvgIpc) is 1.58. The third kappa shape index (κ3) is 1.29. The summed E-state index contributed by atoms with van der Waals surface area (Å²) in [6, 6.07) is 0. The average molecular weight is 212 g/mol. The molecule has 0 radical (unpaired) electrons. The quantitative estimate of drug-likeness (QED) is 0.511. The van der Waals surface area contributed by atoms with Crippen molar-refractivity contribution in [2.24, 2.45) is 5.92 Å². The van der Waals surface area contributed by atoms with Gasteiger partial charge in [-0.15, -0.1) is 0 Å². The molecule has 7 heavy (non-hydrogen) atoms. The predicted molar refractivity (Wildman–Crippen MR) is 37.6 cm³/mol. The molecular formula is C5H9IO. The van der Waals surface area contributed by atoms with E-state index in [0.29, 0.717) is 0 Å². The van der Waals surface area contributed by atoms with Crippen molar-refractivity contribution in [1.29, 1.82) is 0 Å². The second-order valence-corrected chi connectivity index (χ2v) is 3.03. The third-order valence-corrected chi connectivity index (χ3v) is 2.67. The van der Waals surface area contributed by atoms with Crippen molar-refractivity contribution in [3.63, 3.8) is 0 Å². The standard InChI is InChI=1S/C5H9IO/c6-3-4-1-5(7)2-4/h4-5,7H,1-3H2. The van der Waals surface area contributed by atoms with E-state index in [1.165, 1.54) is 4.43 Å². The van der Waals surface area contributed by atoms with E-state index in [2.05, 4.69) is 22.6 Å². The Hall–Kier alpha value is 0.690. The lowest BCUT2D eigenvalue weighted by Crippen LogP contribution is -2.28. The van der Waals surface area contributed by atoms with E-state index >= 15 is 0 Å². The molecule has 0 saturated heterocycles. The van der Waals surface area contributed by atoms with Crippen LogP contribution in [-0.4, -0.2) is 15.6 Å². The topological polar surface area (TPSA) is 20.2 Å². The van der Waals surface area contributed by atoms with E-state index < -0.39 is 0 Å². The fraction of sp³-hybridized carbons (Fsp3) is 1.00. The molecule has 0 aromatic carbocycles. The lowest BCUT2D eigenvalue weighted by atomic mass is 9.84. The van der Waals surface area contributed by atoms with Gasteiger partial charge < -0.3 is 5.11 Å². The first-order chi connectivity index (χ1) is 3.33. The van der Waals surface area contributed by atoms with Crippen LogP contribution in [0.4, 0.5) is 0 Å². The van der Waals surface area contributed by atoms with E-state index in [4.69, 9.17) is 5.11 Å². The van der Waals surface area contributed by atoms with Crippen LogP contribution in [0, 0.1) is 5.92 Å². The maximum Gasteiger partial charge on any atom is 0.0546 e. The molecular weight excluding hydrogens is 203 g/mol. The normalized spacial score (nSPS) is 40.3. The number of rotatable bonds is 1. The van der Waals surface area contributed by atoms with Crippen LogP contribution in [0.2, 0.25) is 0 Å². The highest BCUT2D eigenvalue weighted by molar-refractivity contribution is 14.1. The molecule has 0 aromatic rings. The van der Waals surface area contributed by atoms with Crippen LogP contribution in [0.1, 0.15) is 12.8 Å². The van der Waals surface area contributed by atoms with E-state index in [1.54, 1.807) is 0 Å².